The van der Waals surface area contributed by atoms with Gasteiger partial charge in [-0.05, 0) is 19.3 Å². The van der Waals surface area contributed by atoms with Crippen LogP contribution in [0, 0.1) is 5.41 Å². The average molecular weight is 225 g/mol. The van der Waals surface area contributed by atoms with Crippen molar-refractivity contribution in [3.05, 3.63) is 0 Å². The SMILES string of the molecule is CCC1(O)CN(C(=O)C2(C)CCCCC2)C1. The second kappa shape index (κ2) is 4.02. The van der Waals surface area contributed by atoms with Gasteiger partial charge in [0.25, 0.3) is 0 Å². The van der Waals surface area contributed by atoms with Gasteiger partial charge in [-0.25, -0.2) is 0 Å². The standard InChI is InChI=1S/C13H23NO2/c1-3-13(16)9-14(10-13)11(15)12(2)7-5-4-6-8-12/h16H,3-10H2,1-2H3. The number of hydrogen-bond donors (Lipinski definition) is 1. The predicted molar refractivity (Wildman–Crippen MR) is 63.0 cm³/mol. The van der Waals surface area contributed by atoms with E-state index in [1.807, 2.05) is 11.8 Å². The molecule has 2 fully saturated rings. The third-order valence-electron chi connectivity index (χ3n) is 4.39. The highest BCUT2D eigenvalue weighted by Gasteiger charge is 2.47. The van der Waals surface area contributed by atoms with Gasteiger partial charge in [-0.1, -0.05) is 33.1 Å². The van der Waals surface area contributed by atoms with Crippen LogP contribution in [0.4, 0.5) is 0 Å². The summed E-state index contributed by atoms with van der Waals surface area (Å²) in [5.74, 6) is 0.269. The number of amides is 1. The van der Waals surface area contributed by atoms with Gasteiger partial charge in [0.1, 0.15) is 0 Å². The minimum absolute atomic E-state index is 0.146. The number of rotatable bonds is 2. The molecule has 1 aliphatic heterocycles. The fraction of sp³-hybridized carbons (Fsp3) is 0.923. The van der Waals surface area contributed by atoms with E-state index in [4.69, 9.17) is 0 Å². The van der Waals surface area contributed by atoms with Gasteiger partial charge in [-0.3, -0.25) is 4.79 Å². The minimum atomic E-state index is -0.597. The second-order valence-corrected chi connectivity index (χ2v) is 5.86. The summed E-state index contributed by atoms with van der Waals surface area (Å²) in [7, 11) is 0. The highest BCUT2D eigenvalue weighted by molar-refractivity contribution is 5.83. The normalized spacial score (nSPS) is 27.3. The van der Waals surface area contributed by atoms with Crippen LogP contribution in [0.5, 0.6) is 0 Å². The Morgan fingerprint density at radius 2 is 1.81 bits per heavy atom. The molecular formula is C13H23NO2. The number of likely N-dealkylation sites (tertiary alicyclic amines) is 1. The van der Waals surface area contributed by atoms with Gasteiger partial charge in [0, 0.05) is 5.41 Å². The highest BCUT2D eigenvalue weighted by Crippen LogP contribution is 2.39. The van der Waals surface area contributed by atoms with Crippen LogP contribution in [0.2, 0.25) is 0 Å². The predicted octanol–water partition coefficient (Wildman–Crippen LogP) is 1.94. The number of hydrogen-bond acceptors (Lipinski definition) is 2. The van der Waals surface area contributed by atoms with Crippen molar-refractivity contribution in [1.82, 2.24) is 4.90 Å². The Labute approximate surface area is 97.8 Å². The summed E-state index contributed by atoms with van der Waals surface area (Å²) >= 11 is 0. The summed E-state index contributed by atoms with van der Waals surface area (Å²) in [5.41, 5.74) is -0.742. The first kappa shape index (κ1) is 11.9. The molecule has 0 aromatic carbocycles. The maximum atomic E-state index is 12.3. The van der Waals surface area contributed by atoms with Crippen molar-refractivity contribution in [3.63, 3.8) is 0 Å². The quantitative estimate of drug-likeness (QED) is 0.780. The fourth-order valence-corrected chi connectivity index (χ4v) is 2.96. The van der Waals surface area contributed by atoms with Crippen LogP contribution in [0.15, 0.2) is 0 Å². The molecule has 0 aromatic rings. The summed E-state index contributed by atoms with van der Waals surface area (Å²) in [6.45, 7) is 5.15. The first-order valence-corrected chi connectivity index (χ1v) is 6.51. The van der Waals surface area contributed by atoms with Crippen LogP contribution in [-0.4, -0.2) is 34.6 Å². The van der Waals surface area contributed by atoms with Crippen LogP contribution in [0.3, 0.4) is 0 Å². The molecular weight excluding hydrogens is 202 g/mol. The Bertz CT molecular complexity index is 276. The maximum Gasteiger partial charge on any atom is 0.228 e. The molecule has 2 aliphatic rings. The molecule has 0 bridgehead atoms. The van der Waals surface area contributed by atoms with E-state index in [-0.39, 0.29) is 11.3 Å². The average Bonchev–Trinajstić information content (AvgIpc) is 2.25. The molecule has 0 atom stereocenters. The van der Waals surface area contributed by atoms with E-state index in [1.165, 1.54) is 19.3 Å². The van der Waals surface area contributed by atoms with Crippen molar-refractivity contribution >= 4 is 5.91 Å². The Kier molecular flexibility index (Phi) is 2.99. The lowest BCUT2D eigenvalue weighted by molar-refractivity contribution is -0.167. The van der Waals surface area contributed by atoms with Crippen LogP contribution in [0.1, 0.15) is 52.4 Å². The largest absolute Gasteiger partial charge is 0.386 e. The third-order valence-corrected chi connectivity index (χ3v) is 4.39. The molecule has 1 amide bonds. The molecule has 2 rings (SSSR count). The van der Waals surface area contributed by atoms with Gasteiger partial charge in [0.2, 0.25) is 5.91 Å². The Hall–Kier alpha value is -0.570. The molecule has 1 saturated carbocycles. The van der Waals surface area contributed by atoms with Gasteiger partial charge in [-0.15, -0.1) is 0 Å². The molecule has 0 radical (unpaired) electrons. The zero-order valence-corrected chi connectivity index (χ0v) is 10.5. The molecule has 1 saturated heterocycles. The van der Waals surface area contributed by atoms with Crippen molar-refractivity contribution in [2.45, 2.75) is 58.0 Å². The molecule has 3 nitrogen and oxygen atoms in total. The van der Waals surface area contributed by atoms with Crippen molar-refractivity contribution in [2.75, 3.05) is 13.1 Å². The third kappa shape index (κ3) is 1.97. The van der Waals surface area contributed by atoms with Gasteiger partial charge < -0.3 is 10.0 Å². The van der Waals surface area contributed by atoms with Crippen LogP contribution in [-0.2, 0) is 4.79 Å². The Balaban J connectivity index is 1.94. The van der Waals surface area contributed by atoms with Crippen molar-refractivity contribution in [3.8, 4) is 0 Å². The van der Waals surface area contributed by atoms with E-state index in [2.05, 4.69) is 6.92 Å². The summed E-state index contributed by atoms with van der Waals surface area (Å²) < 4.78 is 0. The van der Waals surface area contributed by atoms with Gasteiger partial charge in [-0.2, -0.15) is 0 Å². The summed E-state index contributed by atoms with van der Waals surface area (Å²) in [5, 5.41) is 9.93. The molecule has 1 aliphatic carbocycles. The lowest BCUT2D eigenvalue weighted by atomic mass is 9.73. The first-order valence-electron chi connectivity index (χ1n) is 6.51. The van der Waals surface area contributed by atoms with E-state index < -0.39 is 5.60 Å². The number of carbonyl (C=O) groups is 1. The molecule has 16 heavy (non-hydrogen) atoms. The van der Waals surface area contributed by atoms with Crippen molar-refractivity contribution in [2.24, 2.45) is 5.41 Å². The van der Waals surface area contributed by atoms with E-state index in [9.17, 15) is 9.90 Å². The summed E-state index contributed by atoms with van der Waals surface area (Å²) in [6.07, 6.45) is 6.40. The summed E-state index contributed by atoms with van der Waals surface area (Å²) in [6, 6.07) is 0. The number of aliphatic hydroxyl groups is 1. The molecule has 1 N–H and O–H groups in total. The number of nitrogens with zero attached hydrogens (tertiary/aromatic N) is 1. The van der Waals surface area contributed by atoms with Gasteiger partial charge >= 0.3 is 0 Å². The Morgan fingerprint density at radius 1 is 1.25 bits per heavy atom. The monoisotopic (exact) mass is 225 g/mol. The van der Waals surface area contributed by atoms with Crippen LogP contribution < -0.4 is 0 Å². The first-order chi connectivity index (χ1) is 7.49. The highest BCUT2D eigenvalue weighted by atomic mass is 16.3. The second-order valence-electron chi connectivity index (χ2n) is 5.86. The number of β-amino-alcohol motifs (C(OH)–C–C–N with tert-alkyl or cyclic N) is 1. The summed E-state index contributed by atoms with van der Waals surface area (Å²) in [4.78, 5) is 14.2. The molecule has 92 valence electrons. The molecule has 3 heteroatoms. The van der Waals surface area contributed by atoms with Crippen molar-refractivity contribution in [1.29, 1.82) is 0 Å². The zero-order chi connectivity index (χ0) is 11.8. The van der Waals surface area contributed by atoms with Gasteiger partial charge in [0.15, 0.2) is 0 Å². The molecule has 0 aromatic heterocycles. The van der Waals surface area contributed by atoms with E-state index >= 15 is 0 Å². The lowest BCUT2D eigenvalue weighted by Crippen LogP contribution is -2.65. The van der Waals surface area contributed by atoms with Gasteiger partial charge in [0.05, 0.1) is 18.7 Å². The minimum Gasteiger partial charge on any atom is -0.386 e. The van der Waals surface area contributed by atoms with Crippen molar-refractivity contribution < 1.29 is 9.90 Å². The maximum absolute atomic E-state index is 12.3. The van der Waals surface area contributed by atoms with Crippen LogP contribution >= 0.6 is 0 Å². The molecule has 0 unspecified atom stereocenters. The smallest absolute Gasteiger partial charge is 0.228 e. The van der Waals surface area contributed by atoms with Crippen LogP contribution in [0.25, 0.3) is 0 Å². The topological polar surface area (TPSA) is 40.5 Å². The molecule has 1 heterocycles. The fourth-order valence-electron chi connectivity index (χ4n) is 2.96. The molecule has 0 spiro atoms. The lowest BCUT2D eigenvalue weighted by Gasteiger charge is -2.49. The van der Waals surface area contributed by atoms with E-state index in [0.717, 1.165) is 19.3 Å². The number of carbonyl (C=O) groups excluding carboxylic acids is 1. The van der Waals surface area contributed by atoms with E-state index in [0.29, 0.717) is 13.1 Å². The zero-order valence-electron chi connectivity index (χ0n) is 10.5. The van der Waals surface area contributed by atoms with E-state index in [1.54, 1.807) is 0 Å². The Morgan fingerprint density at radius 3 is 2.31 bits per heavy atom.